The molecule has 3 rings (SSSR count). The molecule has 0 saturated heterocycles. The van der Waals surface area contributed by atoms with Crippen LogP contribution in [0.4, 0.5) is 0 Å². The van der Waals surface area contributed by atoms with Gasteiger partial charge in [0.2, 0.25) is 0 Å². The molecule has 0 radical (unpaired) electrons. The Balaban J connectivity index is 1.85. The summed E-state index contributed by atoms with van der Waals surface area (Å²) in [6.45, 7) is 5.44. The molecule has 2 nitrogen and oxygen atoms in total. The molecule has 4 atom stereocenters. The predicted molar refractivity (Wildman–Crippen MR) is 61.8 cm³/mol. The van der Waals surface area contributed by atoms with Gasteiger partial charge in [-0.05, 0) is 57.3 Å². The Bertz CT molecular complexity index is 347. The van der Waals surface area contributed by atoms with Crippen molar-refractivity contribution in [3.63, 3.8) is 0 Å². The zero-order chi connectivity index (χ0) is 11.3. The fourth-order valence-electron chi connectivity index (χ4n) is 4.46. The van der Waals surface area contributed by atoms with Gasteiger partial charge in [0, 0.05) is 11.5 Å². The van der Waals surface area contributed by atoms with Crippen LogP contribution in [0.3, 0.4) is 0 Å². The number of rotatable bonds is 2. The molecular formula is C14H20O2. The smallest absolute Gasteiger partial charge is 0.333 e. The van der Waals surface area contributed by atoms with Gasteiger partial charge < -0.3 is 4.74 Å². The molecule has 3 saturated carbocycles. The molecule has 0 heterocycles. The van der Waals surface area contributed by atoms with Crippen molar-refractivity contribution < 1.29 is 9.53 Å². The van der Waals surface area contributed by atoms with Crippen LogP contribution in [0.2, 0.25) is 0 Å². The molecule has 3 aliphatic carbocycles. The van der Waals surface area contributed by atoms with Gasteiger partial charge in [0.05, 0.1) is 0 Å². The molecule has 0 aliphatic heterocycles. The first-order valence-corrected chi connectivity index (χ1v) is 6.52. The topological polar surface area (TPSA) is 26.3 Å². The number of carbonyl (C=O) groups is 1. The van der Waals surface area contributed by atoms with E-state index in [4.69, 9.17) is 4.74 Å². The van der Waals surface area contributed by atoms with E-state index in [0.29, 0.717) is 17.4 Å². The van der Waals surface area contributed by atoms with Crippen molar-refractivity contribution in [2.75, 3.05) is 0 Å². The van der Waals surface area contributed by atoms with Gasteiger partial charge in [0.15, 0.2) is 0 Å². The summed E-state index contributed by atoms with van der Waals surface area (Å²) in [6, 6.07) is 0. The number of carbonyl (C=O) groups excluding carboxylic acids is 1. The van der Waals surface area contributed by atoms with Gasteiger partial charge in [-0.2, -0.15) is 0 Å². The van der Waals surface area contributed by atoms with Crippen molar-refractivity contribution in [3.8, 4) is 0 Å². The Morgan fingerprint density at radius 2 is 2.19 bits per heavy atom. The molecule has 0 aromatic rings. The summed E-state index contributed by atoms with van der Waals surface area (Å²) >= 11 is 0. The second-order valence-electron chi connectivity index (χ2n) is 5.89. The van der Waals surface area contributed by atoms with Crippen LogP contribution in [0.15, 0.2) is 12.2 Å². The molecule has 4 unspecified atom stereocenters. The number of ether oxygens (including phenoxy) is 1. The lowest BCUT2D eigenvalue weighted by Gasteiger charge is -2.38. The van der Waals surface area contributed by atoms with Crippen LogP contribution in [0, 0.1) is 17.8 Å². The van der Waals surface area contributed by atoms with E-state index in [0.717, 1.165) is 12.3 Å². The van der Waals surface area contributed by atoms with Crippen LogP contribution in [0.5, 0.6) is 0 Å². The summed E-state index contributed by atoms with van der Waals surface area (Å²) in [5.74, 6) is 1.98. The minimum Gasteiger partial charge on any atom is -0.455 e. The quantitative estimate of drug-likeness (QED) is 0.528. The SMILES string of the molecule is C=C(C)C(=O)OC12CCCC1C1CCC2C1. The second-order valence-corrected chi connectivity index (χ2v) is 5.89. The molecule has 0 N–H and O–H groups in total. The van der Waals surface area contributed by atoms with Gasteiger partial charge >= 0.3 is 5.97 Å². The average molecular weight is 220 g/mol. The zero-order valence-electron chi connectivity index (χ0n) is 10.00. The highest BCUT2D eigenvalue weighted by Gasteiger charge is 2.62. The molecule has 88 valence electrons. The highest BCUT2D eigenvalue weighted by atomic mass is 16.6. The Morgan fingerprint density at radius 3 is 2.94 bits per heavy atom. The number of hydrogen-bond acceptors (Lipinski definition) is 2. The summed E-state index contributed by atoms with van der Waals surface area (Å²) in [5.41, 5.74) is 0.460. The van der Waals surface area contributed by atoms with Crippen molar-refractivity contribution in [1.82, 2.24) is 0 Å². The van der Waals surface area contributed by atoms with Crippen LogP contribution in [0.1, 0.15) is 45.4 Å². The summed E-state index contributed by atoms with van der Waals surface area (Å²) < 4.78 is 5.88. The van der Waals surface area contributed by atoms with E-state index in [9.17, 15) is 4.79 Å². The third-order valence-electron chi connectivity index (χ3n) is 5.07. The number of hydrogen-bond donors (Lipinski definition) is 0. The monoisotopic (exact) mass is 220 g/mol. The van der Waals surface area contributed by atoms with Crippen LogP contribution in [-0.4, -0.2) is 11.6 Å². The average Bonchev–Trinajstić information content (AvgIpc) is 2.86. The molecule has 0 amide bonds. The molecule has 0 aromatic carbocycles. The van der Waals surface area contributed by atoms with Crippen molar-refractivity contribution in [2.45, 2.75) is 51.0 Å². The maximum atomic E-state index is 11.8. The first-order chi connectivity index (χ1) is 7.63. The molecule has 2 bridgehead atoms. The summed E-state index contributed by atoms with van der Waals surface area (Å²) in [7, 11) is 0. The molecular weight excluding hydrogens is 200 g/mol. The minimum atomic E-state index is -0.167. The van der Waals surface area contributed by atoms with Gasteiger partial charge in [0.25, 0.3) is 0 Å². The van der Waals surface area contributed by atoms with Crippen molar-refractivity contribution >= 4 is 5.97 Å². The maximum Gasteiger partial charge on any atom is 0.333 e. The van der Waals surface area contributed by atoms with Crippen LogP contribution in [-0.2, 0) is 9.53 Å². The first-order valence-electron chi connectivity index (χ1n) is 6.52. The van der Waals surface area contributed by atoms with Gasteiger partial charge in [-0.25, -0.2) is 4.79 Å². The lowest BCUT2D eigenvalue weighted by atomic mass is 9.77. The van der Waals surface area contributed by atoms with Crippen molar-refractivity contribution in [1.29, 1.82) is 0 Å². The summed E-state index contributed by atoms with van der Waals surface area (Å²) in [4.78, 5) is 11.8. The van der Waals surface area contributed by atoms with Crippen molar-refractivity contribution in [2.24, 2.45) is 17.8 Å². The standard InChI is InChI=1S/C14H20O2/c1-9(2)13(15)16-14-7-3-4-12(14)10-5-6-11(14)8-10/h10-12H,1,3-8H2,2H3. The highest BCUT2D eigenvalue weighted by Crippen LogP contribution is 2.62. The Labute approximate surface area is 97.1 Å². The van der Waals surface area contributed by atoms with Crippen molar-refractivity contribution in [3.05, 3.63) is 12.2 Å². The van der Waals surface area contributed by atoms with E-state index in [2.05, 4.69) is 6.58 Å². The lowest BCUT2D eigenvalue weighted by molar-refractivity contribution is -0.165. The Hall–Kier alpha value is -0.790. The molecule has 2 heteroatoms. The zero-order valence-corrected chi connectivity index (χ0v) is 10.00. The van der Waals surface area contributed by atoms with E-state index in [1.165, 1.54) is 32.1 Å². The summed E-state index contributed by atoms with van der Waals surface area (Å²) in [5, 5.41) is 0. The van der Waals surface area contributed by atoms with E-state index >= 15 is 0 Å². The summed E-state index contributed by atoms with van der Waals surface area (Å²) in [6.07, 6.45) is 7.53. The Kier molecular flexibility index (Phi) is 2.17. The molecule has 0 spiro atoms. The second kappa shape index (κ2) is 3.35. The van der Waals surface area contributed by atoms with Gasteiger partial charge in [-0.3, -0.25) is 0 Å². The normalized spacial score (nSPS) is 44.4. The van der Waals surface area contributed by atoms with E-state index in [-0.39, 0.29) is 11.6 Å². The molecule has 3 aliphatic rings. The fraction of sp³-hybridized carbons (Fsp3) is 0.786. The number of fused-ring (bicyclic) bond motifs is 5. The minimum absolute atomic E-state index is 0.0844. The van der Waals surface area contributed by atoms with Crippen LogP contribution < -0.4 is 0 Å². The molecule has 16 heavy (non-hydrogen) atoms. The van der Waals surface area contributed by atoms with Crippen LogP contribution in [0.25, 0.3) is 0 Å². The van der Waals surface area contributed by atoms with Gasteiger partial charge in [0.1, 0.15) is 5.60 Å². The van der Waals surface area contributed by atoms with Gasteiger partial charge in [-0.15, -0.1) is 0 Å². The Morgan fingerprint density at radius 1 is 1.38 bits per heavy atom. The van der Waals surface area contributed by atoms with Gasteiger partial charge in [-0.1, -0.05) is 6.58 Å². The predicted octanol–water partition coefficient (Wildman–Crippen LogP) is 3.07. The largest absolute Gasteiger partial charge is 0.455 e. The van der Waals surface area contributed by atoms with Crippen LogP contribution >= 0.6 is 0 Å². The fourth-order valence-corrected chi connectivity index (χ4v) is 4.46. The van der Waals surface area contributed by atoms with E-state index < -0.39 is 0 Å². The third-order valence-corrected chi connectivity index (χ3v) is 5.07. The van der Waals surface area contributed by atoms with E-state index in [1.807, 2.05) is 0 Å². The first kappa shape index (κ1) is 10.4. The highest BCUT2D eigenvalue weighted by molar-refractivity contribution is 5.87. The molecule has 3 fully saturated rings. The molecule has 0 aromatic heterocycles. The number of esters is 1. The maximum absolute atomic E-state index is 11.8. The third kappa shape index (κ3) is 1.22. The lowest BCUT2D eigenvalue weighted by Crippen LogP contribution is -2.43. The van der Waals surface area contributed by atoms with E-state index in [1.54, 1.807) is 6.92 Å².